The molecular weight excluding hydrogens is 292 g/mol. The van der Waals surface area contributed by atoms with Crippen LogP contribution in [0.5, 0.6) is 0 Å². The summed E-state index contributed by atoms with van der Waals surface area (Å²) in [5, 5.41) is 0.639. The molecule has 0 spiro atoms. The summed E-state index contributed by atoms with van der Waals surface area (Å²) in [6, 6.07) is 3.20. The molecule has 0 atom stereocenters. The number of rotatable bonds is 4. The zero-order chi connectivity index (χ0) is 13.0. The van der Waals surface area contributed by atoms with Gasteiger partial charge < -0.3 is 4.90 Å². The Labute approximate surface area is 108 Å². The number of hydrogen-bond acceptors (Lipinski definition) is 1. The van der Waals surface area contributed by atoms with Crippen LogP contribution in [0.2, 0.25) is 0 Å². The van der Waals surface area contributed by atoms with E-state index in [0.29, 0.717) is 11.9 Å². The van der Waals surface area contributed by atoms with Crippen LogP contribution >= 0.6 is 15.9 Å². The zero-order valence-electron chi connectivity index (χ0n) is 9.71. The largest absolute Gasteiger partial charge is 0.335 e. The van der Waals surface area contributed by atoms with E-state index < -0.39 is 11.6 Å². The summed E-state index contributed by atoms with van der Waals surface area (Å²) in [5.41, 5.74) is 0.165. The van der Waals surface area contributed by atoms with Crippen molar-refractivity contribution in [1.29, 1.82) is 0 Å². The second kappa shape index (κ2) is 6.10. The number of alkyl halides is 1. The van der Waals surface area contributed by atoms with Gasteiger partial charge >= 0.3 is 0 Å². The maximum atomic E-state index is 13.0. The summed E-state index contributed by atoms with van der Waals surface area (Å²) in [6.07, 6.45) is 0. The highest BCUT2D eigenvalue weighted by atomic mass is 79.9. The van der Waals surface area contributed by atoms with Crippen LogP contribution in [0, 0.1) is 11.6 Å². The van der Waals surface area contributed by atoms with Gasteiger partial charge in [-0.2, -0.15) is 0 Å². The molecule has 0 aliphatic carbocycles. The van der Waals surface area contributed by atoms with Gasteiger partial charge in [0.2, 0.25) is 0 Å². The normalized spacial score (nSPS) is 10.7. The molecule has 0 fully saturated rings. The second-order valence-electron chi connectivity index (χ2n) is 3.91. The molecule has 0 heterocycles. The van der Waals surface area contributed by atoms with E-state index in [9.17, 15) is 13.6 Å². The fourth-order valence-electron chi connectivity index (χ4n) is 1.48. The minimum atomic E-state index is -1.00. The summed E-state index contributed by atoms with van der Waals surface area (Å²) in [4.78, 5) is 13.7. The van der Waals surface area contributed by atoms with Crippen LogP contribution < -0.4 is 0 Å². The van der Waals surface area contributed by atoms with Gasteiger partial charge in [-0.15, -0.1) is 0 Å². The van der Waals surface area contributed by atoms with Crippen molar-refractivity contribution in [2.45, 2.75) is 19.9 Å². The van der Waals surface area contributed by atoms with Crippen LogP contribution in [-0.4, -0.2) is 28.7 Å². The third-order valence-electron chi connectivity index (χ3n) is 2.38. The molecule has 2 nitrogen and oxygen atoms in total. The Hall–Kier alpha value is -0.970. The molecule has 17 heavy (non-hydrogen) atoms. The standard InChI is InChI=1S/C12H14BrF2NO/c1-8(2)16(6-5-13)12(17)9-3-4-10(14)11(15)7-9/h3-4,7-8H,5-6H2,1-2H3. The first-order chi connectivity index (χ1) is 7.97. The van der Waals surface area contributed by atoms with E-state index >= 15 is 0 Å². The lowest BCUT2D eigenvalue weighted by Gasteiger charge is -2.26. The van der Waals surface area contributed by atoms with Crippen LogP contribution in [-0.2, 0) is 0 Å². The predicted octanol–water partition coefficient (Wildman–Crippen LogP) is 3.21. The Kier molecular flexibility index (Phi) is 5.05. The van der Waals surface area contributed by atoms with E-state index in [1.54, 1.807) is 4.90 Å². The molecule has 0 aliphatic rings. The molecule has 1 aromatic carbocycles. The van der Waals surface area contributed by atoms with Crippen molar-refractivity contribution in [1.82, 2.24) is 4.90 Å². The highest BCUT2D eigenvalue weighted by Gasteiger charge is 2.19. The molecule has 0 saturated carbocycles. The van der Waals surface area contributed by atoms with Gasteiger partial charge in [0.25, 0.3) is 5.91 Å². The zero-order valence-corrected chi connectivity index (χ0v) is 11.3. The monoisotopic (exact) mass is 305 g/mol. The van der Waals surface area contributed by atoms with Crippen LogP contribution in [0.3, 0.4) is 0 Å². The van der Waals surface area contributed by atoms with Gasteiger partial charge in [-0.05, 0) is 32.0 Å². The Morgan fingerprint density at radius 2 is 2.00 bits per heavy atom. The Morgan fingerprint density at radius 3 is 2.47 bits per heavy atom. The fraction of sp³-hybridized carbons (Fsp3) is 0.417. The molecule has 0 radical (unpaired) electrons. The minimum absolute atomic E-state index is 0.00756. The van der Waals surface area contributed by atoms with Crippen LogP contribution in [0.15, 0.2) is 18.2 Å². The van der Waals surface area contributed by atoms with E-state index in [2.05, 4.69) is 15.9 Å². The molecule has 5 heteroatoms. The quantitative estimate of drug-likeness (QED) is 0.782. The lowest BCUT2D eigenvalue weighted by molar-refractivity contribution is 0.0719. The molecule has 0 unspecified atom stereocenters. The van der Waals surface area contributed by atoms with Crippen molar-refractivity contribution in [3.63, 3.8) is 0 Å². The van der Waals surface area contributed by atoms with Gasteiger partial charge in [-0.3, -0.25) is 4.79 Å². The summed E-state index contributed by atoms with van der Waals surface area (Å²) in [5.74, 6) is -2.24. The highest BCUT2D eigenvalue weighted by molar-refractivity contribution is 9.09. The first kappa shape index (κ1) is 14.1. The highest BCUT2D eigenvalue weighted by Crippen LogP contribution is 2.13. The molecule has 0 bridgehead atoms. The van der Waals surface area contributed by atoms with Crippen LogP contribution in [0.1, 0.15) is 24.2 Å². The third-order valence-corrected chi connectivity index (χ3v) is 2.73. The number of hydrogen-bond donors (Lipinski definition) is 0. The van der Waals surface area contributed by atoms with Gasteiger partial charge in [0.1, 0.15) is 0 Å². The Morgan fingerprint density at radius 1 is 1.35 bits per heavy atom. The lowest BCUT2D eigenvalue weighted by atomic mass is 10.1. The third kappa shape index (κ3) is 3.49. The van der Waals surface area contributed by atoms with Crippen molar-refractivity contribution < 1.29 is 13.6 Å². The SMILES string of the molecule is CC(C)N(CCBr)C(=O)c1ccc(F)c(F)c1. The number of amides is 1. The molecule has 94 valence electrons. The van der Waals surface area contributed by atoms with Crippen LogP contribution in [0.25, 0.3) is 0 Å². The average molecular weight is 306 g/mol. The van der Waals surface area contributed by atoms with Crippen molar-refractivity contribution in [3.8, 4) is 0 Å². The van der Waals surface area contributed by atoms with E-state index in [4.69, 9.17) is 0 Å². The number of benzene rings is 1. The summed E-state index contributed by atoms with van der Waals surface area (Å²) < 4.78 is 25.8. The maximum Gasteiger partial charge on any atom is 0.254 e. The lowest BCUT2D eigenvalue weighted by Crippen LogP contribution is -2.38. The molecule has 1 amide bonds. The second-order valence-corrected chi connectivity index (χ2v) is 4.70. The Bertz CT molecular complexity index is 409. The first-order valence-corrected chi connectivity index (χ1v) is 6.41. The summed E-state index contributed by atoms with van der Waals surface area (Å²) in [7, 11) is 0. The molecule has 0 aromatic heterocycles. The average Bonchev–Trinajstić information content (AvgIpc) is 2.28. The van der Waals surface area contributed by atoms with Gasteiger partial charge in [0, 0.05) is 23.5 Å². The minimum Gasteiger partial charge on any atom is -0.335 e. The Balaban J connectivity index is 2.97. The number of halogens is 3. The van der Waals surface area contributed by atoms with Gasteiger partial charge in [0.05, 0.1) is 0 Å². The first-order valence-electron chi connectivity index (χ1n) is 5.29. The van der Waals surface area contributed by atoms with Crippen molar-refractivity contribution in [3.05, 3.63) is 35.4 Å². The smallest absolute Gasteiger partial charge is 0.254 e. The van der Waals surface area contributed by atoms with E-state index in [1.165, 1.54) is 6.07 Å². The number of carbonyl (C=O) groups excluding carboxylic acids is 1. The van der Waals surface area contributed by atoms with Gasteiger partial charge in [-0.25, -0.2) is 8.78 Å². The molecule has 0 N–H and O–H groups in total. The molecule has 1 rings (SSSR count). The molecule has 1 aromatic rings. The topological polar surface area (TPSA) is 20.3 Å². The van der Waals surface area contributed by atoms with Crippen molar-refractivity contribution >= 4 is 21.8 Å². The van der Waals surface area contributed by atoms with Gasteiger partial charge in [-0.1, -0.05) is 15.9 Å². The predicted molar refractivity (Wildman–Crippen MR) is 66.3 cm³/mol. The summed E-state index contributed by atoms with van der Waals surface area (Å²) >= 11 is 3.26. The molecular formula is C12H14BrF2NO. The summed E-state index contributed by atoms with van der Waals surface area (Å²) in [6.45, 7) is 4.27. The van der Waals surface area contributed by atoms with E-state index in [0.717, 1.165) is 12.1 Å². The number of carbonyl (C=O) groups is 1. The molecule has 0 saturated heterocycles. The van der Waals surface area contributed by atoms with Crippen LogP contribution in [0.4, 0.5) is 8.78 Å². The maximum absolute atomic E-state index is 13.0. The molecule has 0 aliphatic heterocycles. The van der Waals surface area contributed by atoms with E-state index in [-0.39, 0.29) is 17.5 Å². The van der Waals surface area contributed by atoms with Gasteiger partial charge in [0.15, 0.2) is 11.6 Å². The van der Waals surface area contributed by atoms with Crippen molar-refractivity contribution in [2.24, 2.45) is 0 Å². The number of nitrogens with zero attached hydrogens (tertiary/aromatic N) is 1. The van der Waals surface area contributed by atoms with Crippen molar-refractivity contribution in [2.75, 3.05) is 11.9 Å². The fourth-order valence-corrected chi connectivity index (χ4v) is 1.86. The van der Waals surface area contributed by atoms with E-state index in [1.807, 2.05) is 13.8 Å².